The maximum Gasteiger partial charge on any atom is 0.247 e. The fourth-order valence-electron chi connectivity index (χ4n) is 3.95. The number of benzene rings is 2. The second-order valence-corrected chi connectivity index (χ2v) is 7.25. The van der Waals surface area contributed by atoms with Gasteiger partial charge in [0.1, 0.15) is 5.92 Å². The molecule has 0 saturated carbocycles. The molecular formula is C23H30N4O2. The molecular weight excluding hydrogens is 364 g/mol. The molecule has 1 aliphatic heterocycles. The number of nitrogens with one attached hydrogen (secondary N) is 3. The maximum atomic E-state index is 13.1. The van der Waals surface area contributed by atoms with Crippen molar-refractivity contribution in [3.8, 4) is 0 Å². The van der Waals surface area contributed by atoms with Crippen LogP contribution in [-0.2, 0) is 9.59 Å². The van der Waals surface area contributed by atoms with Gasteiger partial charge in [0.2, 0.25) is 11.8 Å². The highest BCUT2D eigenvalue weighted by atomic mass is 16.2. The molecule has 1 heterocycles. The predicted octanol–water partition coefficient (Wildman–Crippen LogP) is 2.22. The van der Waals surface area contributed by atoms with Crippen LogP contribution >= 0.6 is 0 Å². The number of hydrogen-bond acceptors (Lipinski definition) is 4. The van der Waals surface area contributed by atoms with Gasteiger partial charge in [0.15, 0.2) is 0 Å². The van der Waals surface area contributed by atoms with Gasteiger partial charge in [-0.2, -0.15) is 0 Å². The topological polar surface area (TPSA) is 73.5 Å². The van der Waals surface area contributed by atoms with Crippen molar-refractivity contribution >= 4 is 11.8 Å². The molecule has 6 nitrogen and oxygen atoms in total. The molecule has 0 bridgehead atoms. The Labute approximate surface area is 172 Å². The SMILES string of the molecule is CCN(CC)CCNC(=O)C1C(=O)NNC(c2ccccc2)C1c1ccccc1. The number of carbonyl (C=O) groups excluding carboxylic acids is 2. The van der Waals surface area contributed by atoms with Crippen LogP contribution in [0.25, 0.3) is 0 Å². The van der Waals surface area contributed by atoms with Gasteiger partial charge in [0.25, 0.3) is 0 Å². The van der Waals surface area contributed by atoms with E-state index >= 15 is 0 Å². The standard InChI is InChI=1S/C23H30N4O2/c1-3-27(4-2)16-15-24-22(28)20-19(17-11-7-5-8-12-17)21(25-26-23(20)29)18-13-9-6-10-14-18/h5-14,19-21,25H,3-4,15-16H2,1-2H3,(H,24,28)(H,26,29). The smallest absolute Gasteiger partial charge is 0.247 e. The van der Waals surface area contributed by atoms with E-state index in [-0.39, 0.29) is 23.8 Å². The molecule has 0 radical (unpaired) electrons. The van der Waals surface area contributed by atoms with E-state index in [2.05, 4.69) is 34.9 Å². The number of likely N-dealkylation sites (N-methyl/N-ethyl adjacent to an activating group) is 1. The van der Waals surface area contributed by atoms with E-state index in [1.807, 2.05) is 60.7 Å². The predicted molar refractivity (Wildman–Crippen MR) is 114 cm³/mol. The summed E-state index contributed by atoms with van der Waals surface area (Å²) in [5.74, 6) is -1.64. The van der Waals surface area contributed by atoms with E-state index in [0.717, 1.165) is 30.8 Å². The summed E-state index contributed by atoms with van der Waals surface area (Å²) in [6.45, 7) is 7.35. The van der Waals surface area contributed by atoms with Crippen LogP contribution in [0.5, 0.6) is 0 Å². The zero-order chi connectivity index (χ0) is 20.6. The molecule has 2 amide bonds. The first-order valence-corrected chi connectivity index (χ1v) is 10.3. The Morgan fingerprint density at radius 2 is 1.55 bits per heavy atom. The number of nitrogens with zero attached hydrogens (tertiary/aromatic N) is 1. The van der Waals surface area contributed by atoms with Crippen molar-refractivity contribution in [2.75, 3.05) is 26.2 Å². The third-order valence-corrected chi connectivity index (χ3v) is 5.60. The van der Waals surface area contributed by atoms with E-state index in [1.54, 1.807) is 0 Å². The Hall–Kier alpha value is -2.70. The van der Waals surface area contributed by atoms with E-state index in [1.165, 1.54) is 0 Å². The van der Waals surface area contributed by atoms with Crippen LogP contribution < -0.4 is 16.2 Å². The number of carbonyl (C=O) groups is 2. The largest absolute Gasteiger partial charge is 0.354 e. The fraction of sp³-hybridized carbons (Fsp3) is 0.391. The Morgan fingerprint density at radius 1 is 0.966 bits per heavy atom. The molecule has 3 rings (SSSR count). The lowest BCUT2D eigenvalue weighted by molar-refractivity contribution is -0.140. The molecule has 2 aromatic carbocycles. The van der Waals surface area contributed by atoms with Crippen LogP contribution in [0.4, 0.5) is 0 Å². The van der Waals surface area contributed by atoms with E-state index in [0.29, 0.717) is 6.54 Å². The van der Waals surface area contributed by atoms with Crippen molar-refractivity contribution in [2.45, 2.75) is 25.8 Å². The van der Waals surface area contributed by atoms with Crippen LogP contribution in [0.15, 0.2) is 60.7 Å². The highest BCUT2D eigenvalue weighted by Crippen LogP contribution is 2.39. The molecule has 0 aliphatic carbocycles. The van der Waals surface area contributed by atoms with Gasteiger partial charge in [-0.3, -0.25) is 15.0 Å². The summed E-state index contributed by atoms with van der Waals surface area (Å²) in [4.78, 5) is 28.1. The van der Waals surface area contributed by atoms with E-state index in [4.69, 9.17) is 0 Å². The fourth-order valence-corrected chi connectivity index (χ4v) is 3.95. The van der Waals surface area contributed by atoms with Gasteiger partial charge >= 0.3 is 0 Å². The van der Waals surface area contributed by atoms with Crippen molar-refractivity contribution in [1.29, 1.82) is 0 Å². The Balaban J connectivity index is 1.85. The van der Waals surface area contributed by atoms with Crippen LogP contribution in [-0.4, -0.2) is 42.9 Å². The highest BCUT2D eigenvalue weighted by Gasteiger charge is 2.44. The summed E-state index contributed by atoms with van der Waals surface area (Å²) in [6, 6.07) is 19.5. The van der Waals surface area contributed by atoms with Gasteiger partial charge in [0, 0.05) is 19.0 Å². The molecule has 29 heavy (non-hydrogen) atoms. The zero-order valence-electron chi connectivity index (χ0n) is 17.1. The lowest BCUT2D eigenvalue weighted by Crippen LogP contribution is -2.57. The minimum Gasteiger partial charge on any atom is -0.354 e. The van der Waals surface area contributed by atoms with E-state index < -0.39 is 5.92 Å². The molecule has 6 heteroatoms. The van der Waals surface area contributed by atoms with Crippen molar-refractivity contribution in [1.82, 2.24) is 21.1 Å². The average Bonchev–Trinajstić information content (AvgIpc) is 2.77. The van der Waals surface area contributed by atoms with Crippen LogP contribution in [0.3, 0.4) is 0 Å². The molecule has 2 aromatic rings. The summed E-state index contributed by atoms with van der Waals surface area (Å²) in [6.07, 6.45) is 0. The average molecular weight is 395 g/mol. The zero-order valence-corrected chi connectivity index (χ0v) is 17.1. The van der Waals surface area contributed by atoms with Crippen LogP contribution in [0, 0.1) is 5.92 Å². The number of hydrogen-bond donors (Lipinski definition) is 3. The molecule has 3 unspecified atom stereocenters. The number of amides is 2. The molecule has 0 spiro atoms. The van der Waals surface area contributed by atoms with Gasteiger partial charge in [-0.1, -0.05) is 74.5 Å². The third-order valence-electron chi connectivity index (χ3n) is 5.60. The van der Waals surface area contributed by atoms with Crippen molar-refractivity contribution in [2.24, 2.45) is 5.92 Å². The second-order valence-electron chi connectivity index (χ2n) is 7.25. The molecule has 1 aliphatic rings. The minimum atomic E-state index is -0.805. The highest BCUT2D eigenvalue weighted by molar-refractivity contribution is 6.01. The number of hydrazine groups is 1. The Bertz CT molecular complexity index is 793. The van der Waals surface area contributed by atoms with Gasteiger partial charge in [-0.05, 0) is 24.2 Å². The molecule has 0 aromatic heterocycles. The van der Waals surface area contributed by atoms with Crippen LogP contribution in [0.2, 0.25) is 0 Å². The Morgan fingerprint density at radius 3 is 2.14 bits per heavy atom. The third kappa shape index (κ3) is 5.02. The first-order valence-electron chi connectivity index (χ1n) is 10.3. The summed E-state index contributed by atoms with van der Waals surface area (Å²) >= 11 is 0. The first-order chi connectivity index (χ1) is 14.2. The lowest BCUT2D eigenvalue weighted by atomic mass is 9.76. The summed E-state index contributed by atoms with van der Waals surface area (Å²) in [5, 5.41) is 2.98. The van der Waals surface area contributed by atoms with Crippen molar-refractivity contribution < 1.29 is 9.59 Å². The normalized spacial score (nSPS) is 21.6. The second kappa shape index (κ2) is 10.2. The molecule has 1 saturated heterocycles. The summed E-state index contributed by atoms with van der Waals surface area (Å²) in [7, 11) is 0. The molecule has 154 valence electrons. The van der Waals surface area contributed by atoms with Crippen molar-refractivity contribution in [3.05, 3.63) is 71.8 Å². The van der Waals surface area contributed by atoms with Gasteiger partial charge < -0.3 is 10.2 Å². The molecule has 3 atom stereocenters. The van der Waals surface area contributed by atoms with E-state index in [9.17, 15) is 9.59 Å². The summed E-state index contributed by atoms with van der Waals surface area (Å²) < 4.78 is 0. The van der Waals surface area contributed by atoms with Crippen LogP contribution in [0.1, 0.15) is 36.9 Å². The number of rotatable bonds is 8. The summed E-state index contributed by atoms with van der Waals surface area (Å²) in [5.41, 5.74) is 7.84. The van der Waals surface area contributed by atoms with Gasteiger partial charge in [-0.25, -0.2) is 5.43 Å². The first kappa shape index (κ1) is 21.0. The molecule has 1 fully saturated rings. The lowest BCUT2D eigenvalue weighted by Gasteiger charge is -2.38. The minimum absolute atomic E-state index is 0.199. The maximum absolute atomic E-state index is 13.1. The van der Waals surface area contributed by atoms with Gasteiger partial charge in [0.05, 0.1) is 6.04 Å². The molecule has 3 N–H and O–H groups in total. The van der Waals surface area contributed by atoms with Crippen molar-refractivity contribution in [3.63, 3.8) is 0 Å². The monoisotopic (exact) mass is 394 g/mol. The quantitative estimate of drug-likeness (QED) is 0.601. The Kier molecular flexibility index (Phi) is 7.38. The van der Waals surface area contributed by atoms with Gasteiger partial charge in [-0.15, -0.1) is 0 Å².